The third-order valence-electron chi connectivity index (χ3n) is 1.68. The third kappa shape index (κ3) is 4.23. The van der Waals surface area contributed by atoms with Crippen LogP contribution in [0.5, 0.6) is 0 Å². The molecule has 0 radical (unpaired) electrons. The van der Waals surface area contributed by atoms with Crippen LogP contribution < -0.4 is 11.3 Å². The maximum Gasteiger partial charge on any atom is 0.157 e. The van der Waals surface area contributed by atoms with Crippen molar-refractivity contribution in [3.63, 3.8) is 0 Å². The molecule has 0 aromatic heterocycles. The molecular formula is C7H17N3O2S. The van der Waals surface area contributed by atoms with Crippen molar-refractivity contribution in [2.75, 3.05) is 12.8 Å². The van der Waals surface area contributed by atoms with Crippen molar-refractivity contribution in [1.29, 1.82) is 0 Å². The second kappa shape index (κ2) is 5.18. The van der Waals surface area contributed by atoms with Crippen LogP contribution in [0.3, 0.4) is 0 Å². The van der Waals surface area contributed by atoms with Gasteiger partial charge in [0.05, 0.1) is 0 Å². The molecular weight excluding hydrogens is 190 g/mol. The number of nitrogens with zero attached hydrogens (tertiary/aromatic N) is 1. The summed E-state index contributed by atoms with van der Waals surface area (Å²) in [5, 5.41) is -0.663. The van der Waals surface area contributed by atoms with E-state index < -0.39 is 15.1 Å². The summed E-state index contributed by atoms with van der Waals surface area (Å²) in [7, 11) is -3.12. The second-order valence-corrected chi connectivity index (χ2v) is 5.25. The molecule has 0 aliphatic rings. The molecule has 78 valence electrons. The van der Waals surface area contributed by atoms with Gasteiger partial charge in [-0.15, -0.1) is 0 Å². The average Bonchev–Trinajstić information content (AvgIpc) is 2.04. The van der Waals surface area contributed by atoms with Crippen molar-refractivity contribution in [1.82, 2.24) is 5.43 Å². The standard InChI is InChI=1S/C7H17N3O2S/c1-4-5-9-7(10-8)6(2)13(3,11)12/h6H,4-5,8H2,1-3H3,(H,9,10). The maximum atomic E-state index is 11.1. The Labute approximate surface area is 79.3 Å². The number of sulfone groups is 1. The van der Waals surface area contributed by atoms with E-state index in [2.05, 4.69) is 10.4 Å². The highest BCUT2D eigenvalue weighted by atomic mass is 32.2. The van der Waals surface area contributed by atoms with Gasteiger partial charge in [0.25, 0.3) is 0 Å². The van der Waals surface area contributed by atoms with Gasteiger partial charge in [0.15, 0.2) is 9.84 Å². The first kappa shape index (κ1) is 12.4. The van der Waals surface area contributed by atoms with Gasteiger partial charge in [-0.2, -0.15) is 0 Å². The van der Waals surface area contributed by atoms with Gasteiger partial charge in [-0.3, -0.25) is 4.99 Å². The van der Waals surface area contributed by atoms with Crippen LogP contribution in [0.4, 0.5) is 0 Å². The number of hydrogen-bond donors (Lipinski definition) is 2. The molecule has 13 heavy (non-hydrogen) atoms. The van der Waals surface area contributed by atoms with Crippen LogP contribution in [0.15, 0.2) is 4.99 Å². The molecule has 0 heterocycles. The number of rotatable bonds is 4. The quantitative estimate of drug-likeness (QED) is 0.287. The SMILES string of the molecule is CCCN=C(NN)C(C)S(C)(=O)=O. The third-order valence-corrected chi connectivity index (χ3v) is 3.19. The van der Waals surface area contributed by atoms with Gasteiger partial charge < -0.3 is 5.43 Å². The van der Waals surface area contributed by atoms with Crippen LogP contribution in [-0.4, -0.2) is 32.3 Å². The highest BCUT2D eigenvalue weighted by molar-refractivity contribution is 7.92. The van der Waals surface area contributed by atoms with Crippen molar-refractivity contribution < 1.29 is 8.42 Å². The predicted octanol–water partition coefficient (Wildman–Crippen LogP) is -0.309. The molecule has 0 spiro atoms. The molecule has 1 atom stereocenters. The van der Waals surface area contributed by atoms with Crippen molar-refractivity contribution >= 4 is 15.7 Å². The summed E-state index contributed by atoms with van der Waals surface area (Å²) < 4.78 is 22.2. The lowest BCUT2D eigenvalue weighted by molar-refractivity contribution is 0.598. The summed E-state index contributed by atoms with van der Waals surface area (Å²) in [5.41, 5.74) is 2.31. The van der Waals surface area contributed by atoms with Crippen LogP contribution in [0, 0.1) is 0 Å². The molecule has 0 saturated heterocycles. The molecule has 0 aliphatic heterocycles. The molecule has 0 aliphatic carbocycles. The summed E-state index contributed by atoms with van der Waals surface area (Å²) in [6, 6.07) is 0. The van der Waals surface area contributed by atoms with E-state index in [1.54, 1.807) is 6.92 Å². The molecule has 5 nitrogen and oxygen atoms in total. The van der Waals surface area contributed by atoms with E-state index in [1.807, 2.05) is 6.92 Å². The number of hydrazine groups is 1. The van der Waals surface area contributed by atoms with Gasteiger partial charge in [-0.1, -0.05) is 6.92 Å². The Morgan fingerprint density at radius 2 is 2.15 bits per heavy atom. The zero-order valence-electron chi connectivity index (χ0n) is 8.24. The summed E-state index contributed by atoms with van der Waals surface area (Å²) >= 11 is 0. The Bertz CT molecular complexity index is 271. The van der Waals surface area contributed by atoms with Crippen LogP contribution >= 0.6 is 0 Å². The molecule has 0 fully saturated rings. The molecule has 0 saturated carbocycles. The average molecular weight is 207 g/mol. The van der Waals surface area contributed by atoms with E-state index in [9.17, 15) is 8.42 Å². The van der Waals surface area contributed by atoms with Crippen LogP contribution in [-0.2, 0) is 9.84 Å². The summed E-state index contributed by atoms with van der Waals surface area (Å²) in [6.07, 6.45) is 2.03. The van der Waals surface area contributed by atoms with Crippen LogP contribution in [0.2, 0.25) is 0 Å². The predicted molar refractivity (Wildman–Crippen MR) is 54.2 cm³/mol. The molecule has 0 bridgehead atoms. The Morgan fingerprint density at radius 1 is 1.62 bits per heavy atom. The molecule has 0 aromatic carbocycles. The number of nitrogens with two attached hydrogens (primary N) is 1. The topological polar surface area (TPSA) is 84.5 Å². The minimum Gasteiger partial charge on any atom is -0.311 e. The second-order valence-electron chi connectivity index (χ2n) is 2.88. The lowest BCUT2D eigenvalue weighted by atomic mass is 10.4. The fourth-order valence-corrected chi connectivity index (χ4v) is 1.27. The van der Waals surface area contributed by atoms with Crippen LogP contribution in [0.1, 0.15) is 20.3 Å². The van der Waals surface area contributed by atoms with Crippen molar-refractivity contribution in [3.05, 3.63) is 0 Å². The minimum absolute atomic E-state index is 0.323. The van der Waals surface area contributed by atoms with Gasteiger partial charge >= 0.3 is 0 Å². The molecule has 6 heteroatoms. The van der Waals surface area contributed by atoms with Gasteiger partial charge in [0.1, 0.15) is 11.1 Å². The van der Waals surface area contributed by atoms with Crippen LogP contribution in [0.25, 0.3) is 0 Å². The van der Waals surface area contributed by atoms with E-state index in [1.165, 1.54) is 0 Å². The van der Waals surface area contributed by atoms with E-state index in [0.717, 1.165) is 12.7 Å². The van der Waals surface area contributed by atoms with Gasteiger partial charge in [-0.25, -0.2) is 14.3 Å². The van der Waals surface area contributed by atoms with E-state index in [0.29, 0.717) is 12.4 Å². The van der Waals surface area contributed by atoms with Crippen molar-refractivity contribution in [2.24, 2.45) is 10.8 Å². The fraction of sp³-hybridized carbons (Fsp3) is 0.857. The maximum absolute atomic E-state index is 11.1. The first-order valence-corrected chi connectivity index (χ1v) is 6.08. The first-order chi connectivity index (χ1) is 5.93. The Morgan fingerprint density at radius 3 is 2.46 bits per heavy atom. The lowest BCUT2D eigenvalue weighted by Crippen LogP contribution is -2.41. The number of aliphatic imine (C=N–C) groups is 1. The first-order valence-electron chi connectivity index (χ1n) is 4.13. The number of amidine groups is 1. The lowest BCUT2D eigenvalue weighted by Gasteiger charge is -2.11. The van der Waals surface area contributed by atoms with E-state index in [4.69, 9.17) is 5.84 Å². The number of hydrogen-bond acceptors (Lipinski definition) is 4. The summed E-state index contributed by atoms with van der Waals surface area (Å²) in [6.45, 7) is 4.10. The van der Waals surface area contributed by atoms with Crippen molar-refractivity contribution in [3.8, 4) is 0 Å². The Kier molecular flexibility index (Phi) is 4.94. The molecule has 0 amide bonds. The Hall–Kier alpha value is -0.620. The smallest absolute Gasteiger partial charge is 0.157 e. The summed E-state index contributed by atoms with van der Waals surface area (Å²) in [4.78, 5) is 4.03. The van der Waals surface area contributed by atoms with Gasteiger partial charge in [0, 0.05) is 12.8 Å². The van der Waals surface area contributed by atoms with Gasteiger partial charge in [0.2, 0.25) is 0 Å². The van der Waals surface area contributed by atoms with Crippen molar-refractivity contribution in [2.45, 2.75) is 25.5 Å². The zero-order chi connectivity index (χ0) is 10.5. The number of nitrogens with one attached hydrogen (secondary N) is 1. The molecule has 1 unspecified atom stereocenters. The zero-order valence-corrected chi connectivity index (χ0v) is 9.06. The monoisotopic (exact) mass is 207 g/mol. The molecule has 0 aromatic rings. The van der Waals surface area contributed by atoms with Gasteiger partial charge in [-0.05, 0) is 13.3 Å². The Balaban J connectivity index is 4.60. The fourth-order valence-electron chi connectivity index (χ4n) is 0.727. The highest BCUT2D eigenvalue weighted by Crippen LogP contribution is 1.99. The highest BCUT2D eigenvalue weighted by Gasteiger charge is 2.20. The molecule has 3 N–H and O–H groups in total. The van der Waals surface area contributed by atoms with E-state index in [-0.39, 0.29) is 0 Å². The normalized spacial score (nSPS) is 15.5. The molecule has 0 rings (SSSR count). The minimum atomic E-state index is -3.12. The summed E-state index contributed by atoms with van der Waals surface area (Å²) in [5.74, 6) is 5.49. The van der Waals surface area contributed by atoms with E-state index >= 15 is 0 Å². The largest absolute Gasteiger partial charge is 0.311 e.